The second-order valence-corrected chi connectivity index (χ2v) is 9.81. The number of anilines is 1. The largest absolute Gasteiger partial charge is 0.423 e. The standard InChI is InChI=1S/C22H25N3O4S/c1-15(16-7-9-18(10-8-16)30(2,27)28)23-21(26)17-11-13-25(14-12-17)22-24-19-5-3-4-6-20(19)29-22/h3-10,15,17H,11-14H2,1-2H3,(H,23,26)/t15-/m0/s1. The van der Waals surface area contributed by atoms with E-state index >= 15 is 0 Å². The number of carbonyl (C=O) groups excluding carboxylic acids is 1. The number of oxazole rings is 1. The SMILES string of the molecule is C[C@H](NC(=O)C1CCN(c2nc3ccccc3o2)CC1)c1ccc(S(C)(=O)=O)cc1. The van der Waals surface area contributed by atoms with E-state index in [1.807, 2.05) is 31.2 Å². The maximum atomic E-state index is 12.7. The molecular formula is C22H25N3O4S. The Morgan fingerprint density at radius 3 is 2.43 bits per heavy atom. The Morgan fingerprint density at radius 2 is 1.80 bits per heavy atom. The van der Waals surface area contributed by atoms with Crippen LogP contribution in [0.4, 0.5) is 6.01 Å². The van der Waals surface area contributed by atoms with E-state index in [9.17, 15) is 13.2 Å². The fourth-order valence-corrected chi connectivity index (χ4v) is 4.38. The number of rotatable bonds is 5. The quantitative estimate of drug-likeness (QED) is 0.671. The molecule has 2 aromatic carbocycles. The lowest BCUT2D eigenvalue weighted by molar-refractivity contribution is -0.126. The molecule has 4 rings (SSSR count). The number of carbonyl (C=O) groups is 1. The van der Waals surface area contributed by atoms with Gasteiger partial charge in [0.15, 0.2) is 15.4 Å². The molecule has 1 N–H and O–H groups in total. The van der Waals surface area contributed by atoms with Crippen LogP contribution in [0.15, 0.2) is 57.8 Å². The van der Waals surface area contributed by atoms with Gasteiger partial charge in [-0.2, -0.15) is 4.98 Å². The monoisotopic (exact) mass is 427 g/mol. The van der Waals surface area contributed by atoms with E-state index in [-0.39, 0.29) is 22.8 Å². The molecule has 1 saturated heterocycles. The summed E-state index contributed by atoms with van der Waals surface area (Å²) in [4.78, 5) is 19.6. The van der Waals surface area contributed by atoms with Crippen LogP contribution in [0.3, 0.4) is 0 Å². The third-order valence-corrected chi connectivity index (χ3v) is 6.71. The van der Waals surface area contributed by atoms with Gasteiger partial charge in [-0.25, -0.2) is 8.42 Å². The zero-order valence-electron chi connectivity index (χ0n) is 17.0. The summed E-state index contributed by atoms with van der Waals surface area (Å²) in [5.41, 5.74) is 2.48. The minimum absolute atomic E-state index is 0.0203. The topological polar surface area (TPSA) is 92.5 Å². The third-order valence-electron chi connectivity index (χ3n) is 5.59. The first-order valence-corrected chi connectivity index (χ1v) is 11.9. The minimum atomic E-state index is -3.23. The number of nitrogens with one attached hydrogen (secondary N) is 1. The van der Waals surface area contributed by atoms with Gasteiger partial charge >= 0.3 is 0 Å². The number of piperidine rings is 1. The Morgan fingerprint density at radius 1 is 1.13 bits per heavy atom. The van der Waals surface area contributed by atoms with E-state index in [4.69, 9.17) is 4.42 Å². The number of benzene rings is 2. The van der Waals surface area contributed by atoms with Crippen LogP contribution in [0, 0.1) is 5.92 Å². The average Bonchev–Trinajstić information content (AvgIpc) is 3.17. The molecule has 1 aromatic heterocycles. The summed E-state index contributed by atoms with van der Waals surface area (Å²) in [5.74, 6) is -0.0460. The van der Waals surface area contributed by atoms with Gasteiger partial charge in [-0.05, 0) is 49.6 Å². The molecule has 1 fully saturated rings. The lowest BCUT2D eigenvalue weighted by atomic mass is 9.95. The van der Waals surface area contributed by atoms with Crippen molar-refractivity contribution in [1.29, 1.82) is 0 Å². The van der Waals surface area contributed by atoms with Crippen LogP contribution in [0.25, 0.3) is 11.1 Å². The number of hydrogen-bond acceptors (Lipinski definition) is 6. The van der Waals surface area contributed by atoms with Gasteiger partial charge in [-0.15, -0.1) is 0 Å². The van der Waals surface area contributed by atoms with Gasteiger partial charge in [-0.3, -0.25) is 4.79 Å². The number of amides is 1. The van der Waals surface area contributed by atoms with Crippen LogP contribution < -0.4 is 10.2 Å². The first-order valence-electron chi connectivity index (χ1n) is 10.0. The highest BCUT2D eigenvalue weighted by atomic mass is 32.2. The molecule has 0 radical (unpaired) electrons. The third kappa shape index (κ3) is 4.33. The van der Waals surface area contributed by atoms with Crippen molar-refractivity contribution in [3.05, 3.63) is 54.1 Å². The van der Waals surface area contributed by atoms with Crippen molar-refractivity contribution < 1.29 is 17.6 Å². The average molecular weight is 428 g/mol. The van der Waals surface area contributed by atoms with Crippen molar-refractivity contribution in [1.82, 2.24) is 10.3 Å². The van der Waals surface area contributed by atoms with Crippen molar-refractivity contribution in [2.45, 2.75) is 30.7 Å². The number of sulfone groups is 1. The molecule has 0 saturated carbocycles. The molecule has 0 bridgehead atoms. The first-order chi connectivity index (χ1) is 14.3. The summed E-state index contributed by atoms with van der Waals surface area (Å²) in [5, 5.41) is 3.05. The number of aromatic nitrogens is 1. The molecule has 1 aliphatic rings. The molecule has 7 nitrogen and oxygen atoms in total. The highest BCUT2D eigenvalue weighted by Gasteiger charge is 2.28. The number of fused-ring (bicyclic) bond motifs is 1. The van der Waals surface area contributed by atoms with Crippen LogP contribution in [0.1, 0.15) is 31.4 Å². The smallest absolute Gasteiger partial charge is 0.298 e. The van der Waals surface area contributed by atoms with Crippen LogP contribution in [0.5, 0.6) is 0 Å². The van der Waals surface area contributed by atoms with Gasteiger partial charge in [-0.1, -0.05) is 24.3 Å². The van der Waals surface area contributed by atoms with Gasteiger partial charge in [0.2, 0.25) is 5.91 Å². The molecule has 30 heavy (non-hydrogen) atoms. The summed E-state index contributed by atoms with van der Waals surface area (Å²) >= 11 is 0. The zero-order chi connectivity index (χ0) is 21.3. The molecule has 8 heteroatoms. The second kappa shape index (κ2) is 8.10. The summed E-state index contributed by atoms with van der Waals surface area (Å²) in [7, 11) is -3.23. The fraction of sp³-hybridized carbons (Fsp3) is 0.364. The molecule has 1 aliphatic heterocycles. The van der Waals surface area contributed by atoms with Crippen LogP contribution >= 0.6 is 0 Å². The van der Waals surface area contributed by atoms with Gasteiger partial charge in [0.25, 0.3) is 6.01 Å². The van der Waals surface area contributed by atoms with Crippen molar-refractivity contribution in [3.63, 3.8) is 0 Å². The maximum Gasteiger partial charge on any atom is 0.298 e. The highest BCUT2D eigenvalue weighted by molar-refractivity contribution is 7.90. The normalized spacial score (nSPS) is 16.5. The first kappa shape index (κ1) is 20.4. The van der Waals surface area contributed by atoms with Crippen molar-refractivity contribution in [3.8, 4) is 0 Å². The predicted octanol–water partition coefficient (Wildman–Crippen LogP) is 3.33. The number of para-hydroxylation sites is 2. The van der Waals surface area contributed by atoms with E-state index in [1.165, 1.54) is 6.26 Å². The van der Waals surface area contributed by atoms with E-state index < -0.39 is 9.84 Å². The van der Waals surface area contributed by atoms with Gasteiger partial charge in [0.1, 0.15) is 5.52 Å². The zero-order valence-corrected chi connectivity index (χ0v) is 17.9. The molecule has 1 atom stereocenters. The molecule has 0 spiro atoms. The van der Waals surface area contributed by atoms with Gasteiger partial charge in [0.05, 0.1) is 10.9 Å². The van der Waals surface area contributed by atoms with E-state index in [0.717, 1.165) is 29.5 Å². The van der Waals surface area contributed by atoms with Gasteiger partial charge < -0.3 is 14.6 Å². The van der Waals surface area contributed by atoms with Crippen molar-refractivity contribution in [2.75, 3.05) is 24.2 Å². The number of nitrogens with zero attached hydrogens (tertiary/aromatic N) is 2. The maximum absolute atomic E-state index is 12.7. The Labute approximate surface area is 176 Å². The molecule has 3 aromatic rings. The van der Waals surface area contributed by atoms with E-state index in [0.29, 0.717) is 19.1 Å². The highest BCUT2D eigenvalue weighted by Crippen LogP contribution is 2.27. The molecule has 0 unspecified atom stereocenters. The molecule has 1 amide bonds. The lowest BCUT2D eigenvalue weighted by Gasteiger charge is -2.30. The summed E-state index contributed by atoms with van der Waals surface area (Å²) in [6.07, 6.45) is 2.63. The predicted molar refractivity (Wildman–Crippen MR) is 115 cm³/mol. The minimum Gasteiger partial charge on any atom is -0.423 e. The van der Waals surface area contributed by atoms with Crippen LogP contribution in [-0.2, 0) is 14.6 Å². The second-order valence-electron chi connectivity index (χ2n) is 7.80. The summed E-state index contributed by atoms with van der Waals surface area (Å²) < 4.78 is 29.0. The van der Waals surface area contributed by atoms with Crippen molar-refractivity contribution in [2.24, 2.45) is 5.92 Å². The van der Waals surface area contributed by atoms with E-state index in [2.05, 4.69) is 15.2 Å². The molecular weight excluding hydrogens is 402 g/mol. The molecule has 0 aliphatic carbocycles. The van der Waals surface area contributed by atoms with Crippen molar-refractivity contribution >= 4 is 32.9 Å². The Hall–Kier alpha value is -2.87. The summed E-state index contributed by atoms with van der Waals surface area (Å²) in [6.45, 7) is 3.32. The number of hydrogen-bond donors (Lipinski definition) is 1. The van der Waals surface area contributed by atoms with E-state index in [1.54, 1.807) is 24.3 Å². The molecule has 158 valence electrons. The Kier molecular flexibility index (Phi) is 5.51. The Bertz CT molecular complexity index is 1110. The van der Waals surface area contributed by atoms with Gasteiger partial charge in [0, 0.05) is 25.3 Å². The van der Waals surface area contributed by atoms with Crippen LogP contribution in [0.2, 0.25) is 0 Å². The fourth-order valence-electron chi connectivity index (χ4n) is 3.75. The summed E-state index contributed by atoms with van der Waals surface area (Å²) in [6, 6.07) is 14.7. The molecule has 2 heterocycles. The lowest BCUT2D eigenvalue weighted by Crippen LogP contribution is -2.41. The Balaban J connectivity index is 1.33. The van der Waals surface area contributed by atoms with Crippen LogP contribution in [-0.4, -0.2) is 38.7 Å².